The van der Waals surface area contributed by atoms with Crippen molar-refractivity contribution >= 4 is 38.8 Å². The first-order chi connectivity index (χ1) is 15.1. The number of ether oxygens (including phenoxy) is 2. The highest BCUT2D eigenvalue weighted by Crippen LogP contribution is 2.34. The van der Waals surface area contributed by atoms with Gasteiger partial charge in [0.25, 0.3) is 5.91 Å². The zero-order chi connectivity index (χ0) is 22.2. The third-order valence-corrected chi connectivity index (χ3v) is 5.30. The molecule has 0 radical (unpaired) electrons. The number of rotatable bonds is 8. The smallest absolute Gasteiger partial charge is 0.261 e. The Labute approximate surface area is 189 Å². The second-order valence-corrected chi connectivity index (χ2v) is 7.41. The van der Waals surface area contributed by atoms with E-state index in [1.54, 1.807) is 12.1 Å². The van der Waals surface area contributed by atoms with Crippen LogP contribution in [0, 0.1) is 23.7 Å². The molecular weight excluding hydrogens is 458 g/mol. The number of fused-ring (bicyclic) bond motifs is 1. The van der Waals surface area contributed by atoms with Crippen molar-refractivity contribution < 1.29 is 14.3 Å². The summed E-state index contributed by atoms with van der Waals surface area (Å²) in [7, 11) is 1.50. The number of halogens is 1. The van der Waals surface area contributed by atoms with Crippen LogP contribution >= 0.6 is 15.9 Å². The summed E-state index contributed by atoms with van der Waals surface area (Å²) < 4.78 is 11.4. The highest BCUT2D eigenvalue weighted by molar-refractivity contribution is 9.10. The van der Waals surface area contributed by atoms with Crippen molar-refractivity contribution in [3.63, 3.8) is 0 Å². The monoisotopic (exact) mass is 477 g/mol. The zero-order valence-electron chi connectivity index (χ0n) is 16.9. The summed E-state index contributed by atoms with van der Waals surface area (Å²) >= 11 is 3.43. The van der Waals surface area contributed by atoms with Gasteiger partial charge in [0.2, 0.25) is 0 Å². The fourth-order valence-electron chi connectivity index (χ4n) is 3.10. The molecule has 2 aromatic carbocycles. The fraction of sp³-hybridized carbons (Fsp3) is 0.167. The Morgan fingerprint density at radius 2 is 2.13 bits per heavy atom. The molecule has 2 N–H and O–H groups in total. The number of hydrogen-bond acceptors (Lipinski definition) is 4. The summed E-state index contributed by atoms with van der Waals surface area (Å²) in [5.74, 6) is 2.86. The molecular formula is C24H20BrN3O3. The second-order valence-electron chi connectivity index (χ2n) is 6.55. The van der Waals surface area contributed by atoms with Crippen molar-refractivity contribution in [1.29, 1.82) is 5.26 Å². The fourth-order valence-corrected chi connectivity index (χ4v) is 3.54. The lowest BCUT2D eigenvalue weighted by Gasteiger charge is -2.11. The van der Waals surface area contributed by atoms with Crippen LogP contribution in [0.4, 0.5) is 0 Å². The largest absolute Gasteiger partial charge is 0.493 e. The molecule has 1 heterocycles. The average molecular weight is 478 g/mol. The number of amides is 1. The number of aromatic amines is 1. The first kappa shape index (κ1) is 22.0. The van der Waals surface area contributed by atoms with Crippen LogP contribution in [-0.2, 0) is 11.2 Å². The van der Waals surface area contributed by atoms with Gasteiger partial charge in [-0.2, -0.15) is 5.26 Å². The number of terminal acetylenes is 1. The van der Waals surface area contributed by atoms with Crippen LogP contribution in [-0.4, -0.2) is 31.2 Å². The summed E-state index contributed by atoms with van der Waals surface area (Å²) in [4.78, 5) is 15.8. The lowest BCUT2D eigenvalue weighted by molar-refractivity contribution is -0.117. The zero-order valence-corrected chi connectivity index (χ0v) is 18.5. The molecule has 1 amide bonds. The van der Waals surface area contributed by atoms with Crippen molar-refractivity contribution in [3.05, 3.63) is 63.8 Å². The van der Waals surface area contributed by atoms with Crippen molar-refractivity contribution in [1.82, 2.24) is 10.3 Å². The number of hydrogen-bond donors (Lipinski definition) is 2. The third kappa shape index (κ3) is 5.28. The van der Waals surface area contributed by atoms with Gasteiger partial charge in [-0.1, -0.05) is 40.0 Å². The Morgan fingerprint density at radius 1 is 1.32 bits per heavy atom. The van der Waals surface area contributed by atoms with Crippen LogP contribution in [0.1, 0.15) is 11.1 Å². The molecule has 0 saturated heterocycles. The van der Waals surface area contributed by atoms with E-state index in [0.29, 0.717) is 34.5 Å². The van der Waals surface area contributed by atoms with Gasteiger partial charge in [0, 0.05) is 28.1 Å². The van der Waals surface area contributed by atoms with Crippen LogP contribution in [0.3, 0.4) is 0 Å². The molecule has 0 saturated carbocycles. The molecule has 0 aliphatic heterocycles. The minimum Gasteiger partial charge on any atom is -0.493 e. The van der Waals surface area contributed by atoms with E-state index in [0.717, 1.165) is 16.5 Å². The van der Waals surface area contributed by atoms with E-state index >= 15 is 0 Å². The number of para-hydroxylation sites is 1. The van der Waals surface area contributed by atoms with Gasteiger partial charge in [0.1, 0.15) is 18.2 Å². The number of nitriles is 1. The van der Waals surface area contributed by atoms with Gasteiger partial charge in [-0.25, -0.2) is 0 Å². The Kier molecular flexibility index (Phi) is 7.37. The minimum atomic E-state index is -0.444. The topological polar surface area (TPSA) is 87.1 Å². The molecule has 3 aromatic rings. The van der Waals surface area contributed by atoms with E-state index in [1.807, 2.05) is 36.5 Å². The van der Waals surface area contributed by atoms with Crippen LogP contribution in [0.15, 0.2) is 52.6 Å². The predicted octanol–water partition coefficient (Wildman–Crippen LogP) is 4.22. The van der Waals surface area contributed by atoms with Crippen molar-refractivity contribution in [2.75, 3.05) is 20.3 Å². The Hall–Kier alpha value is -3.68. The van der Waals surface area contributed by atoms with Crippen LogP contribution < -0.4 is 14.8 Å². The molecule has 0 unspecified atom stereocenters. The van der Waals surface area contributed by atoms with E-state index in [9.17, 15) is 10.1 Å². The highest BCUT2D eigenvalue weighted by Gasteiger charge is 2.13. The van der Waals surface area contributed by atoms with E-state index in [1.165, 1.54) is 13.2 Å². The molecule has 1 aromatic heterocycles. The summed E-state index contributed by atoms with van der Waals surface area (Å²) in [5.41, 5.74) is 2.75. The molecule has 3 rings (SSSR count). The molecule has 0 aliphatic carbocycles. The average Bonchev–Trinajstić information content (AvgIpc) is 3.20. The number of methoxy groups -OCH3 is 1. The van der Waals surface area contributed by atoms with E-state index < -0.39 is 5.91 Å². The molecule has 0 fully saturated rings. The van der Waals surface area contributed by atoms with Gasteiger partial charge in [0.15, 0.2) is 11.5 Å². The van der Waals surface area contributed by atoms with Crippen molar-refractivity contribution in [2.24, 2.45) is 0 Å². The quantitative estimate of drug-likeness (QED) is 0.289. The Bertz CT molecular complexity index is 1220. The first-order valence-electron chi connectivity index (χ1n) is 9.46. The van der Waals surface area contributed by atoms with Gasteiger partial charge in [-0.3, -0.25) is 4.79 Å². The molecule has 0 bridgehead atoms. The number of nitrogens with one attached hydrogen (secondary N) is 2. The molecule has 156 valence electrons. The highest BCUT2D eigenvalue weighted by atomic mass is 79.9. The lowest BCUT2D eigenvalue weighted by Crippen LogP contribution is -2.26. The lowest BCUT2D eigenvalue weighted by atomic mass is 10.1. The maximum absolute atomic E-state index is 12.5. The standard InChI is InChI=1S/C24H20BrN3O3/c1-3-10-31-23-13-20(25)17(12-22(23)30-2)11-18(14-26)24(29)27-9-8-16-15-28-21-7-5-4-6-19(16)21/h1,4-7,11-13,15,28H,8-10H2,2H3,(H,27,29)/b18-11-. The van der Waals surface area contributed by atoms with Crippen molar-refractivity contribution in [3.8, 4) is 29.9 Å². The van der Waals surface area contributed by atoms with Gasteiger partial charge in [-0.05, 0) is 41.8 Å². The number of H-pyrrole nitrogens is 1. The van der Waals surface area contributed by atoms with Gasteiger partial charge >= 0.3 is 0 Å². The number of benzene rings is 2. The molecule has 0 aliphatic rings. The number of carbonyl (C=O) groups excluding carboxylic acids is 1. The van der Waals surface area contributed by atoms with E-state index in [-0.39, 0.29) is 12.2 Å². The second kappa shape index (κ2) is 10.4. The maximum atomic E-state index is 12.5. The normalized spacial score (nSPS) is 10.9. The first-order valence-corrected chi connectivity index (χ1v) is 10.3. The Morgan fingerprint density at radius 3 is 2.87 bits per heavy atom. The van der Waals surface area contributed by atoms with Crippen LogP contribution in [0.5, 0.6) is 11.5 Å². The molecule has 0 spiro atoms. The minimum absolute atomic E-state index is 0.0148. The molecule has 31 heavy (non-hydrogen) atoms. The summed E-state index contributed by atoms with van der Waals surface area (Å²) in [6, 6.07) is 13.3. The van der Waals surface area contributed by atoms with Gasteiger partial charge in [0.05, 0.1) is 7.11 Å². The van der Waals surface area contributed by atoms with Gasteiger partial charge in [-0.15, -0.1) is 6.42 Å². The SMILES string of the molecule is C#CCOc1cc(Br)c(/C=C(/C#N)C(=O)NCCc2c[nH]c3ccccc23)cc1OC. The number of aromatic nitrogens is 1. The third-order valence-electron chi connectivity index (χ3n) is 4.61. The molecule has 6 nitrogen and oxygen atoms in total. The van der Waals surface area contributed by atoms with Crippen LogP contribution in [0.2, 0.25) is 0 Å². The predicted molar refractivity (Wildman–Crippen MR) is 124 cm³/mol. The molecule has 7 heteroatoms. The van der Waals surface area contributed by atoms with Crippen LogP contribution in [0.25, 0.3) is 17.0 Å². The maximum Gasteiger partial charge on any atom is 0.261 e. The van der Waals surface area contributed by atoms with Crippen molar-refractivity contribution in [2.45, 2.75) is 6.42 Å². The van der Waals surface area contributed by atoms with E-state index in [4.69, 9.17) is 15.9 Å². The summed E-state index contributed by atoms with van der Waals surface area (Å²) in [6.45, 7) is 0.503. The summed E-state index contributed by atoms with van der Waals surface area (Å²) in [6.07, 6.45) is 9.31. The van der Waals surface area contributed by atoms with E-state index in [2.05, 4.69) is 32.2 Å². The van der Waals surface area contributed by atoms with Gasteiger partial charge < -0.3 is 19.8 Å². The Balaban J connectivity index is 1.71. The molecule has 0 atom stereocenters. The number of nitrogens with zero attached hydrogens (tertiary/aromatic N) is 1. The number of carbonyl (C=O) groups is 1. The summed E-state index contributed by atoms with van der Waals surface area (Å²) in [5, 5.41) is 13.4.